The Hall–Kier alpha value is -2.15. The van der Waals surface area contributed by atoms with Crippen LogP contribution in [0.25, 0.3) is 6.08 Å². The molecule has 1 heterocycles. The predicted octanol–water partition coefficient (Wildman–Crippen LogP) is 5.28. The van der Waals surface area contributed by atoms with Crippen LogP contribution >= 0.6 is 0 Å². The van der Waals surface area contributed by atoms with Crippen molar-refractivity contribution in [1.29, 1.82) is 0 Å². The number of nitrogens with zero attached hydrogens (tertiary/aromatic N) is 1. The van der Waals surface area contributed by atoms with Crippen LogP contribution in [0.4, 0.5) is 5.69 Å². The molecule has 0 amide bonds. The van der Waals surface area contributed by atoms with E-state index in [1.807, 2.05) is 0 Å². The highest BCUT2D eigenvalue weighted by atomic mass is 14.8. The molecule has 0 saturated heterocycles. The third kappa shape index (κ3) is 2.97. The quantitative estimate of drug-likeness (QED) is 0.583. The lowest BCUT2D eigenvalue weighted by Crippen LogP contribution is -2.18. The summed E-state index contributed by atoms with van der Waals surface area (Å²) in [5, 5.41) is 5.07. The van der Waals surface area contributed by atoms with Gasteiger partial charge in [-0.2, -0.15) is 0 Å². The third-order valence-corrected chi connectivity index (χ3v) is 5.80. The summed E-state index contributed by atoms with van der Waals surface area (Å²) in [6, 6.07) is 13.1. The SMILES string of the molecule is CCCCC(CC)CC1C=CC=c2ccc3c(c21)N=c1ccccc1=3. The molecular formula is C24H27N. The van der Waals surface area contributed by atoms with Crippen molar-refractivity contribution < 1.29 is 0 Å². The minimum Gasteiger partial charge on any atom is -0.247 e. The molecule has 1 heteroatoms. The maximum absolute atomic E-state index is 5.02. The summed E-state index contributed by atoms with van der Waals surface area (Å²) in [7, 11) is 0. The van der Waals surface area contributed by atoms with Crippen LogP contribution < -0.4 is 10.6 Å². The Labute approximate surface area is 150 Å². The normalized spacial score (nSPS) is 17.9. The van der Waals surface area contributed by atoms with Crippen molar-refractivity contribution in [3.05, 3.63) is 75.1 Å². The summed E-state index contributed by atoms with van der Waals surface area (Å²) < 4.78 is 0. The summed E-state index contributed by atoms with van der Waals surface area (Å²) >= 11 is 0. The highest BCUT2D eigenvalue weighted by Gasteiger charge is 2.22. The molecule has 1 aliphatic carbocycles. The molecule has 0 radical (unpaired) electrons. The molecule has 2 aromatic rings. The summed E-state index contributed by atoms with van der Waals surface area (Å²) in [6.07, 6.45) is 13.4. The summed E-state index contributed by atoms with van der Waals surface area (Å²) in [5.41, 5.74) is 2.67. The number of hydrogen-bond donors (Lipinski definition) is 0. The number of hydrogen-bond acceptors (Lipinski definition) is 1. The van der Waals surface area contributed by atoms with E-state index < -0.39 is 0 Å². The zero-order chi connectivity index (χ0) is 17.2. The first kappa shape index (κ1) is 16.3. The molecular weight excluding hydrogens is 302 g/mol. The van der Waals surface area contributed by atoms with E-state index in [1.54, 1.807) is 0 Å². The first-order valence-corrected chi connectivity index (χ1v) is 9.81. The van der Waals surface area contributed by atoms with Crippen LogP contribution in [-0.2, 0) is 0 Å². The topological polar surface area (TPSA) is 12.4 Å². The van der Waals surface area contributed by atoms with Crippen LogP contribution in [0.3, 0.4) is 0 Å². The van der Waals surface area contributed by atoms with Gasteiger partial charge in [0.25, 0.3) is 0 Å². The molecule has 1 nitrogen and oxygen atoms in total. The lowest BCUT2D eigenvalue weighted by atomic mass is 9.81. The van der Waals surface area contributed by atoms with E-state index in [-0.39, 0.29) is 0 Å². The minimum atomic E-state index is 0.495. The zero-order valence-electron chi connectivity index (χ0n) is 15.3. The van der Waals surface area contributed by atoms with Gasteiger partial charge in [-0.3, -0.25) is 0 Å². The van der Waals surface area contributed by atoms with Gasteiger partial charge >= 0.3 is 0 Å². The summed E-state index contributed by atoms with van der Waals surface area (Å²) in [4.78, 5) is 5.02. The number of allylic oxidation sites excluding steroid dienone is 2. The monoisotopic (exact) mass is 329 g/mol. The Balaban J connectivity index is 1.79. The average Bonchev–Trinajstić information content (AvgIpc) is 3.03. The van der Waals surface area contributed by atoms with Crippen LogP contribution in [0.1, 0.15) is 57.4 Å². The van der Waals surface area contributed by atoms with Gasteiger partial charge in [-0.05, 0) is 29.2 Å². The second-order valence-electron chi connectivity index (χ2n) is 7.40. The fourth-order valence-electron chi connectivity index (χ4n) is 4.34. The molecule has 2 aliphatic rings. The predicted molar refractivity (Wildman–Crippen MR) is 105 cm³/mol. The molecule has 0 fully saturated rings. The molecule has 0 bridgehead atoms. The highest BCUT2D eigenvalue weighted by molar-refractivity contribution is 5.60. The minimum absolute atomic E-state index is 0.495. The molecule has 4 rings (SSSR count). The van der Waals surface area contributed by atoms with E-state index in [2.05, 4.69) is 68.5 Å². The van der Waals surface area contributed by atoms with Gasteiger partial charge in [0.05, 0.1) is 11.0 Å². The van der Waals surface area contributed by atoms with Crippen LogP contribution in [-0.4, -0.2) is 0 Å². The maximum Gasteiger partial charge on any atom is 0.0760 e. The number of para-hydroxylation sites is 1. The molecule has 1 aliphatic heterocycles. The van der Waals surface area contributed by atoms with Gasteiger partial charge in [-0.1, -0.05) is 88.1 Å². The van der Waals surface area contributed by atoms with E-state index in [0.717, 1.165) is 11.3 Å². The maximum atomic E-state index is 5.02. The van der Waals surface area contributed by atoms with Gasteiger partial charge < -0.3 is 0 Å². The van der Waals surface area contributed by atoms with Crippen molar-refractivity contribution in [3.63, 3.8) is 0 Å². The number of rotatable bonds is 6. The molecule has 0 N–H and O–H groups in total. The Morgan fingerprint density at radius 1 is 1.04 bits per heavy atom. The van der Waals surface area contributed by atoms with Crippen molar-refractivity contribution >= 4 is 11.8 Å². The first-order valence-electron chi connectivity index (χ1n) is 9.81. The summed E-state index contributed by atoms with van der Waals surface area (Å²) in [6.45, 7) is 4.63. The van der Waals surface area contributed by atoms with E-state index in [4.69, 9.17) is 4.99 Å². The van der Waals surface area contributed by atoms with Gasteiger partial charge in [0, 0.05) is 16.4 Å². The lowest BCUT2D eigenvalue weighted by Gasteiger charge is -2.24. The van der Waals surface area contributed by atoms with Crippen molar-refractivity contribution in [2.24, 2.45) is 10.9 Å². The summed E-state index contributed by atoms with van der Waals surface area (Å²) in [5.74, 6) is 1.30. The van der Waals surface area contributed by atoms with Gasteiger partial charge in [0.15, 0.2) is 0 Å². The number of benzene rings is 2. The van der Waals surface area contributed by atoms with Gasteiger partial charge in [-0.15, -0.1) is 0 Å². The Morgan fingerprint density at radius 2 is 1.92 bits per heavy atom. The molecule has 0 aromatic heterocycles. The van der Waals surface area contributed by atoms with E-state index in [1.165, 1.54) is 59.0 Å². The number of fused-ring (bicyclic) bond motifs is 4. The van der Waals surface area contributed by atoms with Crippen molar-refractivity contribution in [1.82, 2.24) is 0 Å². The van der Waals surface area contributed by atoms with E-state index >= 15 is 0 Å². The molecule has 2 atom stereocenters. The second kappa shape index (κ2) is 7.00. The molecule has 0 saturated carbocycles. The first-order chi connectivity index (χ1) is 12.3. The lowest BCUT2D eigenvalue weighted by molar-refractivity contribution is 0.405. The largest absolute Gasteiger partial charge is 0.247 e. The molecule has 128 valence electrons. The van der Waals surface area contributed by atoms with Gasteiger partial charge in [0.1, 0.15) is 0 Å². The molecule has 25 heavy (non-hydrogen) atoms. The Kier molecular flexibility index (Phi) is 4.57. The fourth-order valence-corrected chi connectivity index (χ4v) is 4.34. The van der Waals surface area contributed by atoms with Crippen molar-refractivity contribution in [2.45, 2.75) is 51.9 Å². The zero-order valence-corrected chi connectivity index (χ0v) is 15.3. The van der Waals surface area contributed by atoms with E-state index in [9.17, 15) is 0 Å². The standard InChI is InChI=1S/C24H27N/c1-3-5-9-17(4-2)16-19-11-8-10-18-14-15-21-20-12-6-7-13-22(20)25-24(21)23(18)19/h6-8,10-15,17,19H,3-5,9,16H2,1-2H3. The second-order valence-corrected chi connectivity index (χ2v) is 7.40. The van der Waals surface area contributed by atoms with Gasteiger partial charge in [-0.25, -0.2) is 4.99 Å². The van der Waals surface area contributed by atoms with E-state index in [0.29, 0.717) is 5.92 Å². The Bertz CT molecular complexity index is 1010. The smallest absolute Gasteiger partial charge is 0.0760 e. The van der Waals surface area contributed by atoms with Crippen LogP contribution in [0, 0.1) is 16.4 Å². The Morgan fingerprint density at radius 3 is 2.76 bits per heavy atom. The highest BCUT2D eigenvalue weighted by Crippen LogP contribution is 2.35. The van der Waals surface area contributed by atoms with Gasteiger partial charge in [0.2, 0.25) is 0 Å². The average molecular weight is 329 g/mol. The fraction of sp³-hybridized carbons (Fsp3) is 0.375. The van der Waals surface area contributed by atoms with Crippen molar-refractivity contribution in [2.75, 3.05) is 0 Å². The van der Waals surface area contributed by atoms with Crippen LogP contribution in [0.2, 0.25) is 0 Å². The molecule has 0 spiro atoms. The number of unbranched alkanes of at least 4 members (excludes halogenated alkanes) is 1. The van der Waals surface area contributed by atoms with Crippen molar-refractivity contribution in [3.8, 4) is 0 Å². The molecule has 2 aromatic carbocycles. The van der Waals surface area contributed by atoms with Crippen LogP contribution in [0.15, 0.2) is 53.5 Å². The molecule has 2 unspecified atom stereocenters. The third-order valence-electron chi connectivity index (χ3n) is 5.80. The van der Waals surface area contributed by atoms with Crippen LogP contribution in [0.5, 0.6) is 0 Å².